The zero-order chi connectivity index (χ0) is 8.39. The first-order valence-corrected chi connectivity index (χ1v) is 3.68. The van der Waals surface area contributed by atoms with Crippen LogP contribution in [-0.2, 0) is 13.5 Å². The van der Waals surface area contributed by atoms with Gasteiger partial charge in [0, 0.05) is 25.9 Å². The van der Waals surface area contributed by atoms with E-state index in [1.54, 1.807) is 0 Å². The van der Waals surface area contributed by atoms with Crippen molar-refractivity contribution in [1.29, 1.82) is 0 Å². The van der Waals surface area contributed by atoms with Crippen LogP contribution in [0.25, 0.3) is 0 Å². The van der Waals surface area contributed by atoms with Crippen LogP contribution >= 0.6 is 0 Å². The highest BCUT2D eigenvalue weighted by Crippen LogP contribution is 2.03. The average molecular weight is 163 g/mol. The molecule has 1 N–H and O–H groups in total. The van der Waals surface area contributed by atoms with Crippen LogP contribution in [0.4, 0.5) is 0 Å². The van der Waals surface area contributed by atoms with Crippen LogP contribution in [0.15, 0.2) is 18.5 Å². The molecule has 0 fully saturated rings. The summed E-state index contributed by atoms with van der Waals surface area (Å²) >= 11 is 0. The van der Waals surface area contributed by atoms with Gasteiger partial charge in [0.25, 0.3) is 0 Å². The number of H-pyrrole nitrogens is 1. The van der Waals surface area contributed by atoms with Crippen LogP contribution in [0.3, 0.4) is 0 Å². The van der Waals surface area contributed by atoms with Crippen molar-refractivity contribution in [3.8, 4) is 0 Å². The number of aryl methyl sites for hydroxylation is 1. The fourth-order valence-corrected chi connectivity index (χ4v) is 1.11. The third kappa shape index (κ3) is 1.34. The first-order valence-electron chi connectivity index (χ1n) is 3.68. The number of tetrazole rings is 1. The topological polar surface area (TPSA) is 59.4 Å². The van der Waals surface area contributed by atoms with Crippen molar-refractivity contribution in [3.05, 3.63) is 29.8 Å². The molecule has 0 saturated heterocycles. The number of aromatic amines is 1. The van der Waals surface area contributed by atoms with Gasteiger partial charge in [-0.25, -0.2) is 0 Å². The van der Waals surface area contributed by atoms with E-state index in [2.05, 4.69) is 20.6 Å². The maximum atomic E-state index is 3.86. The van der Waals surface area contributed by atoms with E-state index in [0.717, 1.165) is 12.2 Å². The molecule has 0 spiro atoms. The Hall–Kier alpha value is -1.65. The van der Waals surface area contributed by atoms with E-state index in [9.17, 15) is 0 Å². The van der Waals surface area contributed by atoms with Crippen molar-refractivity contribution in [2.24, 2.45) is 7.05 Å². The van der Waals surface area contributed by atoms with E-state index < -0.39 is 0 Å². The summed E-state index contributed by atoms with van der Waals surface area (Å²) in [5, 5.41) is 13.6. The molecule has 0 aliphatic rings. The quantitative estimate of drug-likeness (QED) is 0.684. The summed E-state index contributed by atoms with van der Waals surface area (Å²) in [5.74, 6) is 0.723. The highest BCUT2D eigenvalue weighted by atomic mass is 15.5. The lowest BCUT2D eigenvalue weighted by atomic mass is 10.2. The minimum absolute atomic E-state index is 0.723. The summed E-state index contributed by atoms with van der Waals surface area (Å²) in [6, 6.07) is 2.04. The molecule has 0 radical (unpaired) electrons. The third-order valence-corrected chi connectivity index (χ3v) is 1.64. The van der Waals surface area contributed by atoms with Crippen LogP contribution in [0.2, 0.25) is 0 Å². The second-order valence-electron chi connectivity index (χ2n) is 2.69. The average Bonchev–Trinajstić information content (AvgIpc) is 2.63. The molecule has 0 aliphatic carbocycles. The predicted octanol–water partition coefficient (Wildman–Crippen LogP) is 0.129. The summed E-state index contributed by atoms with van der Waals surface area (Å²) in [6.45, 7) is 0. The second-order valence-corrected chi connectivity index (χ2v) is 2.69. The van der Waals surface area contributed by atoms with E-state index in [1.807, 2.05) is 30.1 Å². The van der Waals surface area contributed by atoms with Crippen LogP contribution in [-0.4, -0.2) is 25.2 Å². The fraction of sp³-hybridized carbons (Fsp3) is 0.286. The molecule has 0 bridgehead atoms. The minimum Gasteiger partial charge on any atom is -0.357 e. The van der Waals surface area contributed by atoms with Gasteiger partial charge in [-0.1, -0.05) is 5.21 Å². The molecule has 0 aromatic carbocycles. The number of hydrogen-bond donors (Lipinski definition) is 1. The molecule has 0 unspecified atom stereocenters. The monoisotopic (exact) mass is 163 g/mol. The maximum Gasteiger partial charge on any atom is 0.178 e. The molecule has 2 aromatic rings. The summed E-state index contributed by atoms with van der Waals surface area (Å²) in [5.41, 5.74) is 1.19. The SMILES string of the molecule is Cn1ccc(Cc2nn[nH]n2)c1. The van der Waals surface area contributed by atoms with Crippen LogP contribution < -0.4 is 0 Å². The lowest BCUT2D eigenvalue weighted by molar-refractivity contribution is 0.881. The van der Waals surface area contributed by atoms with Gasteiger partial charge in [-0.15, -0.1) is 10.2 Å². The van der Waals surface area contributed by atoms with Gasteiger partial charge in [-0.3, -0.25) is 0 Å². The normalized spacial score (nSPS) is 10.4. The molecule has 0 atom stereocenters. The van der Waals surface area contributed by atoms with E-state index >= 15 is 0 Å². The molecule has 2 heterocycles. The molecular formula is C7H9N5. The van der Waals surface area contributed by atoms with Gasteiger partial charge in [0.05, 0.1) is 0 Å². The lowest BCUT2D eigenvalue weighted by Crippen LogP contribution is -1.89. The van der Waals surface area contributed by atoms with E-state index in [-0.39, 0.29) is 0 Å². The Morgan fingerprint density at radius 3 is 3.08 bits per heavy atom. The summed E-state index contributed by atoms with van der Waals surface area (Å²) in [6.07, 6.45) is 4.77. The fourth-order valence-electron chi connectivity index (χ4n) is 1.11. The number of nitrogens with one attached hydrogen (secondary N) is 1. The molecule has 0 amide bonds. The number of rotatable bonds is 2. The van der Waals surface area contributed by atoms with Crippen LogP contribution in [0, 0.1) is 0 Å². The highest BCUT2D eigenvalue weighted by molar-refractivity contribution is 5.14. The Labute approximate surface area is 69.4 Å². The molecule has 5 nitrogen and oxygen atoms in total. The van der Waals surface area contributed by atoms with Gasteiger partial charge < -0.3 is 4.57 Å². The third-order valence-electron chi connectivity index (χ3n) is 1.64. The van der Waals surface area contributed by atoms with Gasteiger partial charge in [-0.2, -0.15) is 5.21 Å². The largest absolute Gasteiger partial charge is 0.357 e. The first-order chi connectivity index (χ1) is 5.84. The summed E-state index contributed by atoms with van der Waals surface area (Å²) in [4.78, 5) is 0. The minimum atomic E-state index is 0.723. The van der Waals surface area contributed by atoms with Gasteiger partial charge >= 0.3 is 0 Å². The Bertz CT molecular complexity index is 348. The van der Waals surface area contributed by atoms with Crippen molar-refractivity contribution in [3.63, 3.8) is 0 Å². The van der Waals surface area contributed by atoms with Gasteiger partial charge in [0.1, 0.15) is 0 Å². The van der Waals surface area contributed by atoms with Crippen LogP contribution in [0.1, 0.15) is 11.4 Å². The standard InChI is InChI=1S/C7H9N5/c1-12-3-2-6(5-12)4-7-8-10-11-9-7/h2-3,5H,4H2,1H3,(H,8,9,10,11). The van der Waals surface area contributed by atoms with Crippen LogP contribution in [0.5, 0.6) is 0 Å². The van der Waals surface area contributed by atoms with E-state index in [1.165, 1.54) is 5.56 Å². The van der Waals surface area contributed by atoms with E-state index in [4.69, 9.17) is 0 Å². The summed E-state index contributed by atoms with van der Waals surface area (Å²) < 4.78 is 2.00. The van der Waals surface area contributed by atoms with Crippen molar-refractivity contribution in [1.82, 2.24) is 25.2 Å². The van der Waals surface area contributed by atoms with Gasteiger partial charge in [-0.05, 0) is 11.6 Å². The maximum absolute atomic E-state index is 3.86. The zero-order valence-corrected chi connectivity index (χ0v) is 6.73. The molecule has 0 saturated carbocycles. The highest BCUT2D eigenvalue weighted by Gasteiger charge is 2.00. The van der Waals surface area contributed by atoms with Gasteiger partial charge in [0.2, 0.25) is 0 Å². The van der Waals surface area contributed by atoms with E-state index in [0.29, 0.717) is 0 Å². The molecular weight excluding hydrogens is 154 g/mol. The Kier molecular flexibility index (Phi) is 1.62. The second kappa shape index (κ2) is 2.77. The van der Waals surface area contributed by atoms with Crippen molar-refractivity contribution >= 4 is 0 Å². The zero-order valence-electron chi connectivity index (χ0n) is 6.73. The number of aromatic nitrogens is 5. The Balaban J connectivity index is 2.14. The first kappa shape index (κ1) is 7.02. The van der Waals surface area contributed by atoms with Gasteiger partial charge in [0.15, 0.2) is 5.82 Å². The summed E-state index contributed by atoms with van der Waals surface area (Å²) in [7, 11) is 1.99. The van der Waals surface area contributed by atoms with Crippen molar-refractivity contribution in [2.75, 3.05) is 0 Å². The molecule has 0 aliphatic heterocycles. The van der Waals surface area contributed by atoms with Crippen molar-refractivity contribution < 1.29 is 0 Å². The Morgan fingerprint density at radius 2 is 2.50 bits per heavy atom. The Morgan fingerprint density at radius 1 is 1.58 bits per heavy atom. The molecule has 2 aromatic heterocycles. The molecule has 62 valence electrons. The van der Waals surface area contributed by atoms with Crippen molar-refractivity contribution in [2.45, 2.75) is 6.42 Å². The molecule has 12 heavy (non-hydrogen) atoms. The smallest absolute Gasteiger partial charge is 0.178 e. The number of nitrogens with zero attached hydrogens (tertiary/aromatic N) is 4. The number of hydrogen-bond acceptors (Lipinski definition) is 3. The lowest BCUT2D eigenvalue weighted by Gasteiger charge is -1.88. The molecule has 5 heteroatoms. The molecule has 2 rings (SSSR count). The predicted molar refractivity (Wildman–Crippen MR) is 42.4 cm³/mol.